The third-order valence-corrected chi connectivity index (χ3v) is 2.54. The fraction of sp³-hybridized carbons (Fsp3) is 1.00. The average Bonchev–Trinajstić information content (AvgIpc) is 2.34. The lowest BCUT2D eigenvalue weighted by atomic mass is 10.1. The molecule has 1 aliphatic heterocycles. The Bertz CT molecular complexity index is 171. The standard InChI is InChI=1S/C8H14F3NO/c1-12-4-2-3-6(12)5-7(13)8(9,10)11/h6-7,13H,2-5H2,1H3/t6?,7-/m0/s1. The number of aliphatic hydroxyl groups excluding tert-OH is 1. The molecule has 1 heterocycles. The van der Waals surface area contributed by atoms with E-state index in [-0.39, 0.29) is 12.5 Å². The van der Waals surface area contributed by atoms with E-state index in [1.54, 1.807) is 7.05 Å². The van der Waals surface area contributed by atoms with Gasteiger partial charge in [-0.05, 0) is 32.9 Å². The Balaban J connectivity index is 2.40. The maximum absolute atomic E-state index is 12.0. The normalized spacial score (nSPS) is 27.9. The fourth-order valence-electron chi connectivity index (χ4n) is 1.67. The van der Waals surface area contributed by atoms with Crippen LogP contribution in [0.25, 0.3) is 0 Å². The number of alkyl halides is 3. The molecule has 0 aliphatic carbocycles. The van der Waals surface area contributed by atoms with E-state index < -0.39 is 12.3 Å². The summed E-state index contributed by atoms with van der Waals surface area (Å²) >= 11 is 0. The second kappa shape index (κ2) is 3.84. The zero-order chi connectivity index (χ0) is 10.1. The molecule has 0 aromatic rings. The van der Waals surface area contributed by atoms with E-state index in [9.17, 15) is 13.2 Å². The molecule has 0 aromatic heterocycles. The van der Waals surface area contributed by atoms with Crippen molar-refractivity contribution in [1.29, 1.82) is 0 Å². The third-order valence-electron chi connectivity index (χ3n) is 2.54. The van der Waals surface area contributed by atoms with Crippen LogP contribution in [0.15, 0.2) is 0 Å². The molecule has 0 amide bonds. The number of hydrogen-bond donors (Lipinski definition) is 1. The first-order valence-corrected chi connectivity index (χ1v) is 4.36. The van der Waals surface area contributed by atoms with Gasteiger partial charge < -0.3 is 10.0 Å². The van der Waals surface area contributed by atoms with Crippen molar-refractivity contribution in [2.75, 3.05) is 13.6 Å². The van der Waals surface area contributed by atoms with Crippen molar-refractivity contribution in [3.63, 3.8) is 0 Å². The summed E-state index contributed by atoms with van der Waals surface area (Å²) in [5.74, 6) is 0. The monoisotopic (exact) mass is 197 g/mol. The van der Waals surface area contributed by atoms with Crippen LogP contribution in [0.1, 0.15) is 19.3 Å². The summed E-state index contributed by atoms with van der Waals surface area (Å²) in [6.45, 7) is 0.829. The van der Waals surface area contributed by atoms with Crippen LogP contribution in [0.2, 0.25) is 0 Å². The summed E-state index contributed by atoms with van der Waals surface area (Å²) in [7, 11) is 1.79. The molecule has 0 radical (unpaired) electrons. The predicted octanol–water partition coefficient (Wildman–Crippen LogP) is 1.39. The second-order valence-electron chi connectivity index (χ2n) is 3.57. The van der Waals surface area contributed by atoms with E-state index in [1.165, 1.54) is 0 Å². The van der Waals surface area contributed by atoms with Crippen LogP contribution < -0.4 is 0 Å². The van der Waals surface area contributed by atoms with Crippen molar-refractivity contribution < 1.29 is 18.3 Å². The summed E-state index contributed by atoms with van der Waals surface area (Å²) in [6, 6.07) is -0.114. The molecular formula is C8H14F3NO. The first-order valence-electron chi connectivity index (χ1n) is 4.36. The van der Waals surface area contributed by atoms with Crippen molar-refractivity contribution in [2.45, 2.75) is 37.6 Å². The Kier molecular flexibility index (Phi) is 3.18. The molecule has 1 fully saturated rings. The van der Waals surface area contributed by atoms with Gasteiger partial charge in [-0.1, -0.05) is 0 Å². The minimum Gasteiger partial charge on any atom is -0.384 e. The molecule has 0 aromatic carbocycles. The first kappa shape index (κ1) is 10.8. The van der Waals surface area contributed by atoms with Gasteiger partial charge in [-0.25, -0.2) is 0 Å². The van der Waals surface area contributed by atoms with Crippen molar-refractivity contribution in [3.8, 4) is 0 Å². The Morgan fingerprint density at radius 1 is 1.54 bits per heavy atom. The summed E-state index contributed by atoms with van der Waals surface area (Å²) < 4.78 is 35.9. The van der Waals surface area contributed by atoms with Gasteiger partial charge in [0.25, 0.3) is 0 Å². The molecule has 2 atom stereocenters. The number of hydrogen-bond acceptors (Lipinski definition) is 2. The van der Waals surface area contributed by atoms with E-state index in [2.05, 4.69) is 0 Å². The zero-order valence-electron chi connectivity index (χ0n) is 7.51. The Hall–Kier alpha value is -0.290. The SMILES string of the molecule is CN1CCCC1C[C@H](O)C(F)(F)F. The molecule has 2 nitrogen and oxygen atoms in total. The molecular weight excluding hydrogens is 183 g/mol. The Morgan fingerprint density at radius 3 is 2.54 bits per heavy atom. The summed E-state index contributed by atoms with van der Waals surface area (Å²) in [5.41, 5.74) is 0. The number of likely N-dealkylation sites (tertiary alicyclic amines) is 1. The van der Waals surface area contributed by atoms with Gasteiger partial charge in [0.15, 0.2) is 6.10 Å². The van der Waals surface area contributed by atoms with Crippen molar-refractivity contribution in [1.82, 2.24) is 4.90 Å². The Morgan fingerprint density at radius 2 is 2.15 bits per heavy atom. The Labute approximate surface area is 75.3 Å². The molecule has 0 spiro atoms. The van der Waals surface area contributed by atoms with E-state index in [4.69, 9.17) is 5.11 Å². The van der Waals surface area contributed by atoms with E-state index in [1.807, 2.05) is 4.90 Å². The fourth-order valence-corrected chi connectivity index (χ4v) is 1.67. The summed E-state index contributed by atoms with van der Waals surface area (Å²) in [4.78, 5) is 1.87. The van der Waals surface area contributed by atoms with Crippen LogP contribution in [0, 0.1) is 0 Å². The predicted molar refractivity (Wildman–Crippen MR) is 42.3 cm³/mol. The van der Waals surface area contributed by atoms with Gasteiger partial charge in [-0.15, -0.1) is 0 Å². The lowest BCUT2D eigenvalue weighted by Gasteiger charge is -2.23. The highest BCUT2D eigenvalue weighted by Crippen LogP contribution is 2.27. The minimum atomic E-state index is -4.47. The summed E-state index contributed by atoms with van der Waals surface area (Å²) in [6.07, 6.45) is -5.16. The molecule has 13 heavy (non-hydrogen) atoms. The smallest absolute Gasteiger partial charge is 0.384 e. The maximum Gasteiger partial charge on any atom is 0.414 e. The van der Waals surface area contributed by atoms with E-state index >= 15 is 0 Å². The summed E-state index contributed by atoms with van der Waals surface area (Å²) in [5, 5.41) is 8.81. The van der Waals surface area contributed by atoms with Crippen LogP contribution >= 0.6 is 0 Å². The molecule has 0 saturated carbocycles. The zero-order valence-corrected chi connectivity index (χ0v) is 7.51. The topological polar surface area (TPSA) is 23.5 Å². The highest BCUT2D eigenvalue weighted by molar-refractivity contribution is 4.81. The maximum atomic E-state index is 12.0. The van der Waals surface area contributed by atoms with Gasteiger partial charge in [0.05, 0.1) is 0 Å². The molecule has 1 N–H and O–H groups in total. The average molecular weight is 197 g/mol. The van der Waals surface area contributed by atoms with Crippen LogP contribution in [0.3, 0.4) is 0 Å². The highest BCUT2D eigenvalue weighted by Gasteiger charge is 2.40. The van der Waals surface area contributed by atoms with Crippen LogP contribution in [0.4, 0.5) is 13.2 Å². The van der Waals surface area contributed by atoms with Gasteiger partial charge in [0, 0.05) is 6.04 Å². The lowest BCUT2D eigenvalue weighted by molar-refractivity contribution is -0.208. The number of nitrogens with zero attached hydrogens (tertiary/aromatic N) is 1. The first-order chi connectivity index (χ1) is 5.91. The van der Waals surface area contributed by atoms with E-state index in [0.29, 0.717) is 0 Å². The minimum absolute atomic E-state index is 0.114. The molecule has 1 aliphatic rings. The van der Waals surface area contributed by atoms with Crippen molar-refractivity contribution in [2.24, 2.45) is 0 Å². The van der Waals surface area contributed by atoms with Gasteiger partial charge in [-0.3, -0.25) is 0 Å². The molecule has 78 valence electrons. The molecule has 5 heteroatoms. The number of rotatable bonds is 2. The number of halogens is 3. The highest BCUT2D eigenvalue weighted by atomic mass is 19.4. The third kappa shape index (κ3) is 2.84. The van der Waals surface area contributed by atoms with Gasteiger partial charge >= 0.3 is 6.18 Å². The lowest BCUT2D eigenvalue weighted by Crippen LogP contribution is -2.36. The number of aliphatic hydroxyl groups is 1. The quantitative estimate of drug-likeness (QED) is 0.723. The molecule has 1 unspecified atom stereocenters. The van der Waals surface area contributed by atoms with Crippen molar-refractivity contribution in [3.05, 3.63) is 0 Å². The largest absolute Gasteiger partial charge is 0.414 e. The van der Waals surface area contributed by atoms with Crippen LogP contribution in [0.5, 0.6) is 0 Å². The van der Waals surface area contributed by atoms with Gasteiger partial charge in [0.2, 0.25) is 0 Å². The van der Waals surface area contributed by atoms with Gasteiger partial charge in [-0.2, -0.15) is 13.2 Å². The van der Waals surface area contributed by atoms with Crippen molar-refractivity contribution >= 4 is 0 Å². The van der Waals surface area contributed by atoms with E-state index in [0.717, 1.165) is 19.4 Å². The van der Waals surface area contributed by atoms with Crippen LogP contribution in [-0.2, 0) is 0 Å². The van der Waals surface area contributed by atoms with Gasteiger partial charge in [0.1, 0.15) is 0 Å². The molecule has 0 bridgehead atoms. The van der Waals surface area contributed by atoms with Crippen LogP contribution in [-0.4, -0.2) is 41.9 Å². The molecule has 1 rings (SSSR count). The second-order valence-corrected chi connectivity index (χ2v) is 3.57. The molecule has 1 saturated heterocycles.